The van der Waals surface area contributed by atoms with Crippen LogP contribution in [0.4, 0.5) is 4.39 Å². The monoisotopic (exact) mass is 349 g/mol. The number of benzene rings is 1. The first-order chi connectivity index (χ1) is 10.2. The first-order valence-electron chi connectivity index (χ1n) is 6.36. The lowest BCUT2D eigenvalue weighted by atomic mass is 10.0. The fraction of sp³-hybridized carbons (Fsp3) is 0.143. The Bertz CT molecular complexity index is 773. The number of hydrogen-bond acceptors (Lipinski definition) is 4. The number of aromatic nitrogens is 3. The summed E-state index contributed by atoms with van der Waals surface area (Å²) in [6.07, 6.45) is 7.27. The molecule has 3 aromatic rings. The van der Waals surface area contributed by atoms with Crippen molar-refractivity contribution in [2.45, 2.75) is 12.5 Å². The number of halogens is 2. The molecule has 5 nitrogen and oxygen atoms in total. The van der Waals surface area contributed by atoms with E-state index >= 15 is 0 Å². The van der Waals surface area contributed by atoms with Crippen LogP contribution in [-0.4, -0.2) is 14.6 Å². The van der Waals surface area contributed by atoms with Crippen molar-refractivity contribution in [1.29, 1.82) is 0 Å². The lowest BCUT2D eigenvalue weighted by Crippen LogP contribution is -2.29. The summed E-state index contributed by atoms with van der Waals surface area (Å²) in [6, 6.07) is 4.75. The van der Waals surface area contributed by atoms with E-state index in [1.807, 2.05) is 6.07 Å². The molecule has 2 heterocycles. The molecule has 7 heteroatoms. The Labute approximate surface area is 129 Å². The average Bonchev–Trinajstić information content (AvgIpc) is 2.91. The summed E-state index contributed by atoms with van der Waals surface area (Å²) in [6.45, 7) is 0. The molecular weight excluding hydrogens is 337 g/mol. The number of hydrogen-bond donors (Lipinski definition) is 2. The van der Waals surface area contributed by atoms with Crippen molar-refractivity contribution in [3.8, 4) is 0 Å². The van der Waals surface area contributed by atoms with Crippen molar-refractivity contribution in [1.82, 2.24) is 20.0 Å². The number of nitrogens with zero attached hydrogens (tertiary/aromatic N) is 3. The van der Waals surface area contributed by atoms with Crippen LogP contribution in [0.2, 0.25) is 0 Å². The van der Waals surface area contributed by atoms with Gasteiger partial charge in [-0.1, -0.05) is 22.0 Å². The molecule has 0 fully saturated rings. The van der Waals surface area contributed by atoms with Crippen molar-refractivity contribution in [2.75, 3.05) is 0 Å². The Morgan fingerprint density at radius 1 is 1.38 bits per heavy atom. The maximum atomic E-state index is 14.0. The minimum absolute atomic E-state index is 0.248. The standard InChI is InChI=1S/C14H13BrFN5/c15-10-2-1-9(12(16)6-10)5-13(20-17)11-7-19-21-4-3-18-8-14(11)21/h1-4,6-8,13,20H,5,17H2. The van der Waals surface area contributed by atoms with Gasteiger partial charge in [0.25, 0.3) is 0 Å². The maximum Gasteiger partial charge on any atom is 0.127 e. The molecule has 0 aliphatic carbocycles. The number of rotatable bonds is 4. The van der Waals surface area contributed by atoms with E-state index in [9.17, 15) is 4.39 Å². The number of hydrazine groups is 1. The third-order valence-electron chi connectivity index (χ3n) is 3.37. The molecule has 3 N–H and O–H groups in total. The van der Waals surface area contributed by atoms with Gasteiger partial charge in [-0.05, 0) is 24.1 Å². The minimum Gasteiger partial charge on any atom is -0.271 e. The highest BCUT2D eigenvalue weighted by Crippen LogP contribution is 2.24. The van der Waals surface area contributed by atoms with E-state index < -0.39 is 0 Å². The SMILES string of the molecule is NNC(Cc1ccc(Br)cc1F)c1cnn2ccncc12. The highest BCUT2D eigenvalue weighted by Gasteiger charge is 2.17. The highest BCUT2D eigenvalue weighted by molar-refractivity contribution is 9.10. The second kappa shape index (κ2) is 5.88. The summed E-state index contributed by atoms with van der Waals surface area (Å²) < 4.78 is 16.4. The maximum absolute atomic E-state index is 14.0. The summed E-state index contributed by atoms with van der Waals surface area (Å²) in [5.74, 6) is 5.38. The van der Waals surface area contributed by atoms with Crippen molar-refractivity contribution in [3.05, 3.63) is 64.4 Å². The van der Waals surface area contributed by atoms with Crippen molar-refractivity contribution in [2.24, 2.45) is 5.84 Å². The minimum atomic E-state index is -0.265. The molecule has 0 bridgehead atoms. The smallest absolute Gasteiger partial charge is 0.127 e. The zero-order valence-electron chi connectivity index (χ0n) is 11.0. The molecule has 0 amide bonds. The van der Waals surface area contributed by atoms with Gasteiger partial charge in [0.2, 0.25) is 0 Å². The second-order valence-electron chi connectivity index (χ2n) is 4.67. The molecule has 1 atom stereocenters. The molecule has 0 radical (unpaired) electrons. The number of nitrogens with two attached hydrogens (primary N) is 1. The van der Waals surface area contributed by atoms with Gasteiger partial charge in [-0.15, -0.1) is 0 Å². The van der Waals surface area contributed by atoms with E-state index in [1.54, 1.807) is 35.4 Å². The van der Waals surface area contributed by atoms with Crippen LogP contribution in [0.25, 0.3) is 5.52 Å². The van der Waals surface area contributed by atoms with E-state index in [0.29, 0.717) is 16.5 Å². The summed E-state index contributed by atoms with van der Waals surface area (Å²) >= 11 is 3.25. The molecule has 108 valence electrons. The van der Waals surface area contributed by atoms with Crippen LogP contribution >= 0.6 is 15.9 Å². The molecule has 3 rings (SSSR count). The van der Waals surface area contributed by atoms with Gasteiger partial charge in [0.05, 0.1) is 24.0 Å². The zero-order chi connectivity index (χ0) is 14.8. The second-order valence-corrected chi connectivity index (χ2v) is 5.58. The van der Waals surface area contributed by atoms with Crippen molar-refractivity contribution in [3.63, 3.8) is 0 Å². The Morgan fingerprint density at radius 2 is 2.24 bits per heavy atom. The van der Waals surface area contributed by atoms with E-state index in [4.69, 9.17) is 5.84 Å². The molecule has 0 aliphatic rings. The topological polar surface area (TPSA) is 68.2 Å². The molecular formula is C14H13BrFN5. The third kappa shape index (κ3) is 2.80. The summed E-state index contributed by atoms with van der Waals surface area (Å²) in [4.78, 5) is 4.09. The van der Waals surface area contributed by atoms with E-state index in [0.717, 1.165) is 11.1 Å². The Hall–Kier alpha value is -1.83. The van der Waals surface area contributed by atoms with Gasteiger partial charge < -0.3 is 0 Å². The largest absolute Gasteiger partial charge is 0.271 e. The van der Waals surface area contributed by atoms with Crippen LogP contribution in [0.1, 0.15) is 17.2 Å². The van der Waals surface area contributed by atoms with Crippen LogP contribution < -0.4 is 11.3 Å². The quantitative estimate of drug-likeness (QED) is 0.560. The van der Waals surface area contributed by atoms with Gasteiger partial charge in [-0.3, -0.25) is 16.3 Å². The highest BCUT2D eigenvalue weighted by atomic mass is 79.9. The molecule has 0 aliphatic heterocycles. The van der Waals surface area contributed by atoms with Gasteiger partial charge in [0, 0.05) is 22.4 Å². The summed E-state index contributed by atoms with van der Waals surface area (Å²) in [7, 11) is 0. The zero-order valence-corrected chi connectivity index (χ0v) is 12.6. The molecule has 21 heavy (non-hydrogen) atoms. The fourth-order valence-electron chi connectivity index (χ4n) is 2.29. The molecule has 1 unspecified atom stereocenters. The molecule has 0 saturated heterocycles. The molecule has 0 saturated carbocycles. The van der Waals surface area contributed by atoms with Gasteiger partial charge in [0.1, 0.15) is 5.82 Å². The Morgan fingerprint density at radius 3 is 3.00 bits per heavy atom. The van der Waals surface area contributed by atoms with Gasteiger partial charge >= 0.3 is 0 Å². The van der Waals surface area contributed by atoms with Gasteiger partial charge in [-0.2, -0.15) is 5.10 Å². The normalized spacial score (nSPS) is 12.7. The number of nitrogens with one attached hydrogen (secondary N) is 1. The molecule has 0 spiro atoms. The van der Waals surface area contributed by atoms with Crippen LogP contribution in [0, 0.1) is 5.82 Å². The first-order valence-corrected chi connectivity index (χ1v) is 7.15. The Kier molecular flexibility index (Phi) is 3.96. The predicted molar refractivity (Wildman–Crippen MR) is 80.9 cm³/mol. The first kappa shape index (κ1) is 14.1. The van der Waals surface area contributed by atoms with Crippen LogP contribution in [0.3, 0.4) is 0 Å². The van der Waals surface area contributed by atoms with Gasteiger partial charge in [-0.25, -0.2) is 8.91 Å². The van der Waals surface area contributed by atoms with Gasteiger partial charge in [0.15, 0.2) is 0 Å². The van der Waals surface area contributed by atoms with E-state index in [2.05, 4.69) is 31.4 Å². The van der Waals surface area contributed by atoms with Crippen LogP contribution in [-0.2, 0) is 6.42 Å². The molecule has 1 aromatic carbocycles. The number of fused-ring (bicyclic) bond motifs is 1. The van der Waals surface area contributed by atoms with Crippen molar-refractivity contribution < 1.29 is 4.39 Å². The van der Waals surface area contributed by atoms with E-state index in [-0.39, 0.29) is 11.9 Å². The van der Waals surface area contributed by atoms with Crippen molar-refractivity contribution >= 4 is 21.4 Å². The predicted octanol–water partition coefficient (Wildman–Crippen LogP) is 2.38. The average molecular weight is 350 g/mol. The van der Waals surface area contributed by atoms with Crippen LogP contribution in [0.15, 0.2) is 47.5 Å². The lowest BCUT2D eigenvalue weighted by molar-refractivity contribution is 0.531. The fourth-order valence-corrected chi connectivity index (χ4v) is 2.62. The Balaban J connectivity index is 1.95. The molecule has 2 aromatic heterocycles. The van der Waals surface area contributed by atoms with Crippen LogP contribution in [0.5, 0.6) is 0 Å². The summed E-state index contributed by atoms with van der Waals surface area (Å²) in [5.41, 5.74) is 5.04. The van der Waals surface area contributed by atoms with E-state index in [1.165, 1.54) is 6.07 Å². The lowest BCUT2D eigenvalue weighted by Gasteiger charge is -2.15. The summed E-state index contributed by atoms with van der Waals surface area (Å²) in [5, 5.41) is 4.25. The third-order valence-corrected chi connectivity index (χ3v) is 3.86.